The molecule has 116 valence electrons. The third-order valence-corrected chi connectivity index (χ3v) is 4.94. The molecule has 0 aromatic heterocycles. The molecule has 2 aliphatic rings. The van der Waals surface area contributed by atoms with Gasteiger partial charge in [-0.15, -0.1) is 0 Å². The van der Waals surface area contributed by atoms with Crippen molar-refractivity contribution in [1.82, 2.24) is 0 Å². The summed E-state index contributed by atoms with van der Waals surface area (Å²) < 4.78 is 48.7. The summed E-state index contributed by atoms with van der Waals surface area (Å²) in [5.41, 5.74) is 0. The molecule has 2 rings (SSSR count). The topological polar surface area (TPSA) is 18.5 Å². The van der Waals surface area contributed by atoms with E-state index in [1.807, 2.05) is 18.4 Å². The summed E-state index contributed by atoms with van der Waals surface area (Å²) in [7, 11) is 0. The number of rotatable bonds is 3. The number of hydrogen-bond donors (Lipinski definition) is 0. The molecule has 1 heterocycles. The molecule has 1 saturated heterocycles. The second-order valence-electron chi connectivity index (χ2n) is 5.43. The molecule has 1 aliphatic carbocycles. The van der Waals surface area contributed by atoms with Gasteiger partial charge in [0, 0.05) is 0 Å². The van der Waals surface area contributed by atoms with Crippen LogP contribution < -0.4 is 0 Å². The van der Waals surface area contributed by atoms with E-state index in [2.05, 4.69) is 0 Å². The van der Waals surface area contributed by atoms with E-state index < -0.39 is 12.1 Å². The van der Waals surface area contributed by atoms with Crippen molar-refractivity contribution >= 4 is 11.8 Å². The molecule has 0 aromatic carbocycles. The van der Waals surface area contributed by atoms with Crippen molar-refractivity contribution in [2.45, 2.75) is 43.4 Å². The maximum atomic E-state index is 12.6. The predicted octanol–water partition coefficient (Wildman–Crippen LogP) is 4.02. The molecule has 0 radical (unpaired) electrons. The quantitative estimate of drug-likeness (QED) is 0.734. The van der Waals surface area contributed by atoms with E-state index >= 15 is 0 Å². The zero-order valence-corrected chi connectivity index (χ0v) is 12.4. The lowest BCUT2D eigenvalue weighted by atomic mass is 9.81. The van der Waals surface area contributed by atoms with E-state index in [1.54, 1.807) is 11.8 Å². The van der Waals surface area contributed by atoms with Crippen LogP contribution in [0.1, 0.15) is 25.7 Å². The molecule has 2 nitrogen and oxygen atoms in total. The van der Waals surface area contributed by atoms with E-state index in [4.69, 9.17) is 9.47 Å². The Morgan fingerprint density at radius 1 is 1.00 bits per heavy atom. The second kappa shape index (κ2) is 7.18. The Kier molecular flexibility index (Phi) is 5.81. The van der Waals surface area contributed by atoms with Crippen LogP contribution in [0.4, 0.5) is 13.2 Å². The van der Waals surface area contributed by atoms with E-state index in [0.29, 0.717) is 31.3 Å². The molecule has 0 N–H and O–H groups in total. The maximum absolute atomic E-state index is 12.6. The van der Waals surface area contributed by atoms with Crippen LogP contribution in [0.15, 0.2) is 12.2 Å². The minimum Gasteiger partial charge on any atom is -0.348 e. The van der Waals surface area contributed by atoms with Crippen molar-refractivity contribution in [3.8, 4) is 0 Å². The van der Waals surface area contributed by atoms with Crippen LogP contribution in [0, 0.1) is 11.8 Å². The van der Waals surface area contributed by atoms with Crippen molar-refractivity contribution in [3.05, 3.63) is 12.2 Å². The molecule has 0 bridgehead atoms. The number of thioether (sulfide) groups is 1. The number of allylic oxidation sites excluding steroid dienone is 1. The van der Waals surface area contributed by atoms with Crippen LogP contribution in [-0.4, -0.2) is 37.2 Å². The van der Waals surface area contributed by atoms with Crippen molar-refractivity contribution in [1.29, 1.82) is 0 Å². The van der Waals surface area contributed by atoms with Crippen LogP contribution in [-0.2, 0) is 9.47 Å². The summed E-state index contributed by atoms with van der Waals surface area (Å²) in [6.45, 7) is 1.33. The Hall–Kier alpha value is -0.200. The van der Waals surface area contributed by atoms with Gasteiger partial charge in [-0.1, -0.05) is 6.08 Å². The largest absolute Gasteiger partial charge is 0.391 e. The van der Waals surface area contributed by atoms with Gasteiger partial charge in [0.25, 0.3) is 0 Å². The van der Waals surface area contributed by atoms with Crippen molar-refractivity contribution in [3.63, 3.8) is 0 Å². The van der Waals surface area contributed by atoms with Gasteiger partial charge in [0.2, 0.25) is 0 Å². The molecule has 0 amide bonds. The lowest BCUT2D eigenvalue weighted by Crippen LogP contribution is -2.32. The van der Waals surface area contributed by atoms with Gasteiger partial charge in [-0.25, -0.2) is 0 Å². The van der Waals surface area contributed by atoms with Gasteiger partial charge in [-0.05, 0) is 43.9 Å². The van der Waals surface area contributed by atoms with Crippen LogP contribution in [0.25, 0.3) is 0 Å². The summed E-state index contributed by atoms with van der Waals surface area (Å²) in [5, 5.41) is 0.377. The molecule has 2 fully saturated rings. The molecule has 1 aliphatic heterocycles. The molecule has 0 unspecified atom stereocenters. The van der Waals surface area contributed by atoms with E-state index in [9.17, 15) is 13.2 Å². The zero-order valence-electron chi connectivity index (χ0n) is 11.6. The monoisotopic (exact) mass is 310 g/mol. The van der Waals surface area contributed by atoms with Crippen LogP contribution in [0.2, 0.25) is 0 Å². The summed E-state index contributed by atoms with van der Waals surface area (Å²) in [4.78, 5) is 0. The van der Waals surface area contributed by atoms with Gasteiger partial charge < -0.3 is 9.47 Å². The normalized spacial score (nSPS) is 36.4. The lowest BCUT2D eigenvalue weighted by Gasteiger charge is -2.29. The van der Waals surface area contributed by atoms with E-state index in [-0.39, 0.29) is 25.0 Å². The third kappa shape index (κ3) is 4.67. The van der Waals surface area contributed by atoms with Gasteiger partial charge >= 0.3 is 6.18 Å². The Morgan fingerprint density at radius 3 is 2.10 bits per heavy atom. The number of alkyl halides is 3. The average molecular weight is 310 g/mol. The molecule has 20 heavy (non-hydrogen) atoms. The standard InChI is InChI=1S/C14H21F3O2S/c1-20-12-8-18-13(19-9-12)7-4-10-2-5-11(6-3-10)14(15,16)17/h4,7,10-13H,2-3,5-6,8-9H2,1H3/b7-4+. The number of hydrogen-bond acceptors (Lipinski definition) is 3. The van der Waals surface area contributed by atoms with Crippen molar-refractivity contribution in [2.24, 2.45) is 11.8 Å². The van der Waals surface area contributed by atoms with Gasteiger partial charge in [0.1, 0.15) is 0 Å². The number of halogens is 3. The van der Waals surface area contributed by atoms with E-state index in [1.165, 1.54) is 0 Å². The first-order valence-electron chi connectivity index (χ1n) is 7.00. The highest BCUT2D eigenvalue weighted by molar-refractivity contribution is 7.99. The first kappa shape index (κ1) is 16.2. The summed E-state index contributed by atoms with van der Waals surface area (Å²) in [6.07, 6.45) is 3.15. The Morgan fingerprint density at radius 2 is 1.60 bits per heavy atom. The Labute approximate surface area is 122 Å². The minimum absolute atomic E-state index is 0.221. The smallest absolute Gasteiger partial charge is 0.348 e. The van der Waals surface area contributed by atoms with Gasteiger partial charge in [-0.3, -0.25) is 0 Å². The fourth-order valence-electron chi connectivity index (χ4n) is 2.63. The minimum atomic E-state index is -4.03. The second-order valence-corrected chi connectivity index (χ2v) is 6.57. The molecule has 0 aromatic rings. The molecule has 1 saturated carbocycles. The Balaban J connectivity index is 1.72. The van der Waals surface area contributed by atoms with Crippen LogP contribution >= 0.6 is 11.8 Å². The zero-order chi connectivity index (χ0) is 14.6. The van der Waals surface area contributed by atoms with Crippen molar-refractivity contribution in [2.75, 3.05) is 19.5 Å². The molecule has 0 atom stereocenters. The number of ether oxygens (including phenoxy) is 2. The molecular weight excluding hydrogens is 289 g/mol. The highest BCUT2D eigenvalue weighted by Crippen LogP contribution is 2.39. The lowest BCUT2D eigenvalue weighted by molar-refractivity contribution is -0.183. The molecule has 0 spiro atoms. The third-order valence-electron chi connectivity index (χ3n) is 4.00. The fraction of sp³-hybridized carbons (Fsp3) is 0.857. The molecule has 6 heteroatoms. The first-order chi connectivity index (χ1) is 9.49. The van der Waals surface area contributed by atoms with Crippen molar-refractivity contribution < 1.29 is 22.6 Å². The van der Waals surface area contributed by atoms with Crippen LogP contribution in [0.5, 0.6) is 0 Å². The summed E-state index contributed by atoms with van der Waals surface area (Å²) in [5.74, 6) is -0.893. The first-order valence-corrected chi connectivity index (χ1v) is 8.29. The summed E-state index contributed by atoms with van der Waals surface area (Å²) in [6, 6.07) is 0. The highest BCUT2D eigenvalue weighted by Gasteiger charge is 2.41. The van der Waals surface area contributed by atoms with E-state index in [0.717, 1.165) is 0 Å². The highest BCUT2D eigenvalue weighted by atomic mass is 32.2. The van der Waals surface area contributed by atoms with Gasteiger partial charge in [0.05, 0.1) is 24.4 Å². The molecular formula is C14H21F3O2S. The SMILES string of the molecule is CSC1COC(/C=C/C2CCC(C(F)(F)F)CC2)OC1. The maximum Gasteiger partial charge on any atom is 0.391 e. The average Bonchev–Trinajstić information content (AvgIpc) is 2.45. The summed E-state index contributed by atoms with van der Waals surface area (Å²) >= 11 is 1.72. The van der Waals surface area contributed by atoms with Gasteiger partial charge in [-0.2, -0.15) is 24.9 Å². The Bertz CT molecular complexity index is 317. The fourth-order valence-corrected chi connectivity index (χ4v) is 3.06. The van der Waals surface area contributed by atoms with Crippen LogP contribution in [0.3, 0.4) is 0 Å². The predicted molar refractivity (Wildman–Crippen MR) is 73.6 cm³/mol. The van der Waals surface area contributed by atoms with Gasteiger partial charge in [0.15, 0.2) is 6.29 Å².